The summed E-state index contributed by atoms with van der Waals surface area (Å²) < 4.78 is 10.2. The molecule has 0 aromatic heterocycles. The maximum atomic E-state index is 8.63. The van der Waals surface area contributed by atoms with Gasteiger partial charge in [0.05, 0.1) is 13.2 Å². The molecule has 0 radical (unpaired) electrons. The van der Waals surface area contributed by atoms with Gasteiger partial charge in [-0.05, 0) is 6.92 Å². The molecular formula is C11H25N3O3. The quantitative estimate of drug-likeness (QED) is 0.266. The molecular weight excluding hydrogens is 222 g/mol. The average molecular weight is 247 g/mol. The summed E-state index contributed by atoms with van der Waals surface area (Å²) in [6, 6.07) is 0.268. The van der Waals surface area contributed by atoms with Crippen molar-refractivity contribution in [2.24, 2.45) is 16.8 Å². The maximum absolute atomic E-state index is 8.63. The molecule has 0 saturated heterocycles. The molecule has 0 heterocycles. The molecule has 0 rings (SSSR count). The number of ether oxygens (including phenoxy) is 2. The Bertz CT molecular complexity index is 224. The molecule has 0 saturated carbocycles. The van der Waals surface area contributed by atoms with Crippen LogP contribution in [0.5, 0.6) is 0 Å². The highest BCUT2D eigenvalue weighted by Crippen LogP contribution is 2.06. The first kappa shape index (κ1) is 16.1. The van der Waals surface area contributed by atoms with Crippen LogP contribution in [0.25, 0.3) is 0 Å². The highest BCUT2D eigenvalue weighted by atomic mass is 16.5. The van der Waals surface area contributed by atoms with Gasteiger partial charge >= 0.3 is 0 Å². The van der Waals surface area contributed by atoms with Crippen molar-refractivity contribution in [3.8, 4) is 0 Å². The molecule has 0 amide bonds. The molecule has 6 heteroatoms. The van der Waals surface area contributed by atoms with Crippen molar-refractivity contribution < 1.29 is 14.7 Å². The lowest BCUT2D eigenvalue weighted by Crippen LogP contribution is -2.43. The lowest BCUT2D eigenvalue weighted by molar-refractivity contribution is 0.0710. The minimum Gasteiger partial charge on any atom is -0.409 e. The number of hydrogen-bond donors (Lipinski definition) is 2. The Balaban J connectivity index is 4.36. The molecule has 0 aliphatic rings. The number of rotatable bonds is 9. The third-order valence-electron chi connectivity index (χ3n) is 2.74. The number of amidine groups is 1. The largest absolute Gasteiger partial charge is 0.409 e. The van der Waals surface area contributed by atoms with Crippen molar-refractivity contribution in [2.45, 2.75) is 19.9 Å². The summed E-state index contributed by atoms with van der Waals surface area (Å²) in [5.74, 6) is 0.244. The summed E-state index contributed by atoms with van der Waals surface area (Å²) in [4.78, 5) is 2.20. The molecule has 2 unspecified atom stereocenters. The van der Waals surface area contributed by atoms with Gasteiger partial charge in [-0.3, -0.25) is 4.90 Å². The maximum Gasteiger partial charge on any atom is 0.143 e. The van der Waals surface area contributed by atoms with Crippen LogP contribution in [0, 0.1) is 5.92 Å². The fraction of sp³-hybridized carbons (Fsp3) is 0.909. The summed E-state index contributed by atoms with van der Waals surface area (Å²) in [5.41, 5.74) is 5.58. The molecule has 3 N–H and O–H groups in total. The Morgan fingerprint density at radius 1 is 1.35 bits per heavy atom. The molecule has 0 spiro atoms. The van der Waals surface area contributed by atoms with E-state index in [4.69, 9.17) is 20.4 Å². The zero-order valence-corrected chi connectivity index (χ0v) is 11.2. The summed E-state index contributed by atoms with van der Waals surface area (Å²) in [5, 5.41) is 11.7. The number of nitrogens with zero attached hydrogens (tertiary/aromatic N) is 2. The second kappa shape index (κ2) is 9.21. The van der Waals surface area contributed by atoms with E-state index in [9.17, 15) is 0 Å². The smallest absolute Gasteiger partial charge is 0.143 e. The van der Waals surface area contributed by atoms with Crippen LogP contribution in [0.15, 0.2) is 5.16 Å². The normalized spacial score (nSPS) is 16.2. The Morgan fingerprint density at radius 3 is 2.47 bits per heavy atom. The summed E-state index contributed by atoms with van der Waals surface area (Å²) in [6.07, 6.45) is 0. The first-order chi connectivity index (χ1) is 8.06. The zero-order chi connectivity index (χ0) is 13.3. The lowest BCUT2D eigenvalue weighted by atomic mass is 10.1. The van der Waals surface area contributed by atoms with Crippen molar-refractivity contribution >= 4 is 5.84 Å². The lowest BCUT2D eigenvalue weighted by Gasteiger charge is -2.30. The van der Waals surface area contributed by atoms with Gasteiger partial charge in [-0.2, -0.15) is 0 Å². The van der Waals surface area contributed by atoms with Crippen LogP contribution in [0.2, 0.25) is 0 Å². The Kier molecular flexibility index (Phi) is 8.75. The number of hydrogen-bond acceptors (Lipinski definition) is 5. The predicted molar refractivity (Wildman–Crippen MR) is 67.4 cm³/mol. The van der Waals surface area contributed by atoms with Crippen molar-refractivity contribution in [1.29, 1.82) is 0 Å². The second-order valence-corrected chi connectivity index (χ2v) is 4.22. The van der Waals surface area contributed by atoms with Gasteiger partial charge in [-0.1, -0.05) is 12.1 Å². The van der Waals surface area contributed by atoms with Crippen molar-refractivity contribution in [1.82, 2.24) is 4.90 Å². The standard InChI is InChI=1S/C11H25N3O3/c1-9(11(12)13-15)7-14(5-6-16-3)10(2)8-17-4/h9-10,15H,5-8H2,1-4H3,(H2,12,13). The molecule has 102 valence electrons. The van der Waals surface area contributed by atoms with Crippen molar-refractivity contribution in [3.63, 3.8) is 0 Å². The SMILES string of the molecule is COCCN(CC(C)/C(N)=N/O)C(C)COC. The molecule has 0 fully saturated rings. The fourth-order valence-electron chi connectivity index (χ4n) is 1.59. The van der Waals surface area contributed by atoms with Crippen LogP contribution in [0.3, 0.4) is 0 Å². The van der Waals surface area contributed by atoms with Gasteiger partial charge in [0.25, 0.3) is 0 Å². The van der Waals surface area contributed by atoms with Gasteiger partial charge in [0, 0.05) is 39.3 Å². The molecule has 0 aromatic carbocycles. The van der Waals surface area contributed by atoms with Crippen LogP contribution in [0.4, 0.5) is 0 Å². The van der Waals surface area contributed by atoms with Crippen LogP contribution >= 0.6 is 0 Å². The third-order valence-corrected chi connectivity index (χ3v) is 2.74. The van der Waals surface area contributed by atoms with E-state index in [1.807, 2.05) is 6.92 Å². The fourth-order valence-corrected chi connectivity index (χ4v) is 1.59. The Morgan fingerprint density at radius 2 is 2.00 bits per heavy atom. The molecule has 17 heavy (non-hydrogen) atoms. The minimum atomic E-state index is -0.00355. The van der Waals surface area contributed by atoms with Crippen LogP contribution < -0.4 is 5.73 Å². The van der Waals surface area contributed by atoms with Crippen LogP contribution in [-0.2, 0) is 9.47 Å². The first-order valence-electron chi connectivity index (χ1n) is 5.76. The van der Waals surface area contributed by atoms with E-state index < -0.39 is 0 Å². The van der Waals surface area contributed by atoms with Gasteiger partial charge in [-0.25, -0.2) is 0 Å². The predicted octanol–water partition coefficient (Wildman–Crippen LogP) is 0.352. The van der Waals surface area contributed by atoms with Crippen molar-refractivity contribution in [2.75, 3.05) is 40.5 Å². The zero-order valence-electron chi connectivity index (χ0n) is 11.2. The third kappa shape index (κ3) is 6.45. The van der Waals surface area contributed by atoms with Gasteiger partial charge in [0.2, 0.25) is 0 Å². The van der Waals surface area contributed by atoms with Gasteiger partial charge in [0.15, 0.2) is 0 Å². The van der Waals surface area contributed by atoms with E-state index in [1.165, 1.54) is 0 Å². The van der Waals surface area contributed by atoms with Gasteiger partial charge in [0.1, 0.15) is 5.84 Å². The summed E-state index contributed by atoms with van der Waals surface area (Å²) >= 11 is 0. The van der Waals surface area contributed by atoms with Crippen LogP contribution in [0.1, 0.15) is 13.8 Å². The first-order valence-corrected chi connectivity index (χ1v) is 5.76. The van der Waals surface area contributed by atoms with E-state index in [1.54, 1.807) is 14.2 Å². The molecule has 0 bridgehead atoms. The average Bonchev–Trinajstić information content (AvgIpc) is 2.33. The molecule has 2 atom stereocenters. The molecule has 0 aromatic rings. The minimum absolute atomic E-state index is 0.00355. The monoisotopic (exact) mass is 247 g/mol. The van der Waals surface area contributed by atoms with E-state index >= 15 is 0 Å². The Hall–Kier alpha value is -0.850. The van der Waals surface area contributed by atoms with Crippen LogP contribution in [-0.4, -0.2) is 62.5 Å². The van der Waals surface area contributed by atoms with Crippen molar-refractivity contribution in [3.05, 3.63) is 0 Å². The second-order valence-electron chi connectivity index (χ2n) is 4.22. The van der Waals surface area contributed by atoms with E-state index in [2.05, 4.69) is 17.0 Å². The summed E-state index contributed by atoms with van der Waals surface area (Å²) in [7, 11) is 3.35. The molecule has 0 aliphatic carbocycles. The van der Waals surface area contributed by atoms with E-state index in [0.29, 0.717) is 19.8 Å². The topological polar surface area (TPSA) is 80.3 Å². The molecule has 0 aliphatic heterocycles. The summed E-state index contributed by atoms with van der Waals surface area (Å²) in [6.45, 7) is 6.81. The number of nitrogens with two attached hydrogens (primary N) is 1. The highest BCUT2D eigenvalue weighted by Gasteiger charge is 2.18. The van der Waals surface area contributed by atoms with E-state index in [0.717, 1.165) is 6.54 Å². The van der Waals surface area contributed by atoms with Gasteiger partial charge < -0.3 is 20.4 Å². The Labute approximate surface area is 103 Å². The van der Waals surface area contributed by atoms with Gasteiger partial charge in [-0.15, -0.1) is 0 Å². The number of oxime groups is 1. The van der Waals surface area contributed by atoms with E-state index in [-0.39, 0.29) is 17.8 Å². The highest BCUT2D eigenvalue weighted by molar-refractivity contribution is 5.82. The molecule has 6 nitrogen and oxygen atoms in total. The number of methoxy groups -OCH3 is 2.